The molecule has 3 rings (SSSR count). The molecule has 142 valence electrons. The van der Waals surface area contributed by atoms with Gasteiger partial charge in [0.05, 0.1) is 33.5 Å². The summed E-state index contributed by atoms with van der Waals surface area (Å²) in [5, 5.41) is 2.93. The van der Waals surface area contributed by atoms with Crippen LogP contribution in [0.15, 0.2) is 18.2 Å². The minimum Gasteiger partial charge on any atom is -0.376 e. The first-order chi connectivity index (χ1) is 12.1. The smallest absolute Gasteiger partial charge is 0.252 e. The van der Waals surface area contributed by atoms with Crippen molar-refractivity contribution in [2.45, 2.75) is 32.8 Å². The van der Waals surface area contributed by atoms with Gasteiger partial charge in [0, 0.05) is 13.2 Å². The first-order valence-corrected chi connectivity index (χ1v) is 10.4. The Balaban J connectivity index is 1.85. The number of ether oxygens (including phenoxy) is 1. The molecule has 0 saturated carbocycles. The Bertz CT molecular complexity index is 847. The van der Waals surface area contributed by atoms with Crippen LogP contribution in [-0.4, -0.2) is 45.2 Å². The molecule has 1 atom stereocenters. The second-order valence-electron chi connectivity index (χ2n) is 7.22. The van der Waals surface area contributed by atoms with Gasteiger partial charge in [-0.3, -0.25) is 9.59 Å². The second-order valence-corrected chi connectivity index (χ2v) is 9.44. The van der Waals surface area contributed by atoms with Gasteiger partial charge in [0.25, 0.3) is 5.91 Å². The van der Waals surface area contributed by atoms with Crippen LogP contribution < -0.4 is 9.62 Å². The number of amides is 2. The highest BCUT2D eigenvalue weighted by Crippen LogP contribution is 2.36. The molecule has 1 unspecified atom stereocenters. The van der Waals surface area contributed by atoms with Crippen molar-refractivity contribution >= 4 is 39.1 Å². The lowest BCUT2D eigenvalue weighted by Crippen LogP contribution is -2.34. The Hall–Kier alpha value is -1.64. The summed E-state index contributed by atoms with van der Waals surface area (Å²) in [5.41, 5.74) is -0.775. The van der Waals surface area contributed by atoms with Crippen molar-refractivity contribution in [3.8, 4) is 0 Å². The zero-order valence-corrected chi connectivity index (χ0v) is 16.2. The van der Waals surface area contributed by atoms with Crippen LogP contribution in [0.3, 0.4) is 0 Å². The van der Waals surface area contributed by atoms with Crippen LogP contribution >= 0.6 is 11.6 Å². The van der Waals surface area contributed by atoms with Crippen molar-refractivity contribution in [3.63, 3.8) is 0 Å². The lowest BCUT2D eigenvalue weighted by molar-refractivity contribution is -0.123. The number of nitrogens with zero attached hydrogens (tertiary/aromatic N) is 1. The summed E-state index contributed by atoms with van der Waals surface area (Å²) in [4.78, 5) is 25.0. The second kappa shape index (κ2) is 6.83. The Labute approximate surface area is 157 Å². The Morgan fingerprint density at radius 2 is 2.15 bits per heavy atom. The van der Waals surface area contributed by atoms with Gasteiger partial charge in [0.2, 0.25) is 15.9 Å². The average Bonchev–Trinajstić information content (AvgIpc) is 3.11. The van der Waals surface area contributed by atoms with Crippen LogP contribution in [0.4, 0.5) is 5.69 Å². The summed E-state index contributed by atoms with van der Waals surface area (Å²) in [5.74, 6) is -1.23. The van der Waals surface area contributed by atoms with Gasteiger partial charge in [0.15, 0.2) is 0 Å². The van der Waals surface area contributed by atoms with E-state index in [0.29, 0.717) is 13.2 Å². The fourth-order valence-electron chi connectivity index (χ4n) is 3.18. The van der Waals surface area contributed by atoms with Crippen LogP contribution in [-0.2, 0) is 19.6 Å². The molecule has 9 heteroatoms. The van der Waals surface area contributed by atoms with Crippen molar-refractivity contribution in [2.24, 2.45) is 5.41 Å². The molecule has 0 radical (unpaired) electrons. The Kier molecular flexibility index (Phi) is 5.02. The van der Waals surface area contributed by atoms with Gasteiger partial charge in [-0.25, -0.2) is 12.7 Å². The van der Waals surface area contributed by atoms with Gasteiger partial charge < -0.3 is 10.1 Å². The molecular weight excluding hydrogens is 380 g/mol. The number of carbonyl (C=O) groups is 2. The van der Waals surface area contributed by atoms with Gasteiger partial charge in [-0.1, -0.05) is 11.6 Å². The number of halogens is 1. The van der Waals surface area contributed by atoms with Crippen molar-refractivity contribution in [3.05, 3.63) is 28.8 Å². The van der Waals surface area contributed by atoms with E-state index >= 15 is 0 Å². The number of benzene rings is 1. The fraction of sp³-hybridized carbons (Fsp3) is 0.529. The lowest BCUT2D eigenvalue weighted by Gasteiger charge is -2.19. The number of sulfonamides is 1. The first-order valence-electron chi connectivity index (χ1n) is 8.39. The van der Waals surface area contributed by atoms with E-state index in [-0.39, 0.29) is 28.1 Å². The van der Waals surface area contributed by atoms with Gasteiger partial charge in [-0.15, -0.1) is 0 Å². The van der Waals surface area contributed by atoms with E-state index in [9.17, 15) is 18.0 Å². The molecule has 2 heterocycles. The van der Waals surface area contributed by atoms with Crippen molar-refractivity contribution in [1.29, 1.82) is 0 Å². The fourth-order valence-corrected chi connectivity index (χ4v) is 5.48. The Morgan fingerprint density at radius 3 is 2.73 bits per heavy atom. The summed E-state index contributed by atoms with van der Waals surface area (Å²) in [6.07, 6.45) is 1.81. The highest BCUT2D eigenvalue weighted by Gasteiger charge is 2.50. The quantitative estimate of drug-likeness (QED) is 0.833. The third kappa shape index (κ3) is 3.58. The molecule has 0 spiro atoms. The molecule has 2 aliphatic rings. The monoisotopic (exact) mass is 400 g/mol. The zero-order valence-electron chi connectivity index (χ0n) is 14.6. The molecule has 0 bridgehead atoms. The SMILES string of the molecule is CC1(C)CS(=O)(=O)N(c2ccc(Cl)c(C(=O)NCC3CCCO3)c2)C1=O. The van der Waals surface area contributed by atoms with Crippen LogP contribution in [0.25, 0.3) is 0 Å². The Morgan fingerprint density at radius 1 is 1.42 bits per heavy atom. The van der Waals surface area contributed by atoms with Crippen LogP contribution in [0.2, 0.25) is 5.02 Å². The van der Waals surface area contributed by atoms with E-state index in [2.05, 4.69) is 5.32 Å². The number of carbonyl (C=O) groups excluding carboxylic acids is 2. The minimum atomic E-state index is -3.79. The van der Waals surface area contributed by atoms with Gasteiger partial charge in [-0.2, -0.15) is 0 Å². The van der Waals surface area contributed by atoms with Gasteiger partial charge >= 0.3 is 0 Å². The number of nitrogens with one attached hydrogen (secondary N) is 1. The lowest BCUT2D eigenvalue weighted by atomic mass is 9.95. The highest BCUT2D eigenvalue weighted by molar-refractivity contribution is 7.94. The summed E-state index contributed by atoms with van der Waals surface area (Å²) in [7, 11) is -3.79. The predicted octanol–water partition coefficient (Wildman–Crippen LogP) is 1.95. The predicted molar refractivity (Wildman–Crippen MR) is 97.8 cm³/mol. The van der Waals surface area contributed by atoms with E-state index in [1.54, 1.807) is 13.8 Å². The largest absolute Gasteiger partial charge is 0.376 e. The number of hydrogen-bond acceptors (Lipinski definition) is 5. The maximum atomic E-state index is 12.5. The number of hydrogen-bond donors (Lipinski definition) is 1. The molecule has 1 aromatic carbocycles. The highest BCUT2D eigenvalue weighted by atomic mass is 35.5. The van der Waals surface area contributed by atoms with E-state index in [0.717, 1.165) is 17.1 Å². The first kappa shape index (κ1) is 19.1. The molecule has 2 aliphatic heterocycles. The maximum absolute atomic E-state index is 12.5. The van der Waals surface area contributed by atoms with Crippen molar-refractivity contribution < 1.29 is 22.7 Å². The molecule has 2 fully saturated rings. The third-order valence-corrected chi connectivity index (χ3v) is 6.88. The van der Waals surface area contributed by atoms with Crippen LogP contribution in [0, 0.1) is 5.41 Å². The molecule has 7 nitrogen and oxygen atoms in total. The zero-order chi connectivity index (χ0) is 19.1. The summed E-state index contributed by atoms with van der Waals surface area (Å²) >= 11 is 6.11. The summed E-state index contributed by atoms with van der Waals surface area (Å²) in [6, 6.07) is 4.19. The number of rotatable bonds is 4. The summed E-state index contributed by atoms with van der Waals surface area (Å²) < 4.78 is 31.0. The van der Waals surface area contributed by atoms with Gasteiger partial charge in [-0.05, 0) is 44.9 Å². The molecule has 0 aromatic heterocycles. The standard InChI is InChI=1S/C17H21ClN2O5S/c1-17(2)10-26(23,24)20(16(17)22)11-5-6-14(18)13(8-11)15(21)19-9-12-4-3-7-25-12/h5-6,8,12H,3-4,7,9-10H2,1-2H3,(H,19,21). The van der Waals surface area contributed by atoms with Crippen molar-refractivity contribution in [1.82, 2.24) is 5.32 Å². The maximum Gasteiger partial charge on any atom is 0.252 e. The topological polar surface area (TPSA) is 92.8 Å². The molecule has 1 N–H and O–H groups in total. The molecule has 1 aromatic rings. The van der Waals surface area contributed by atoms with Gasteiger partial charge in [0.1, 0.15) is 0 Å². The van der Waals surface area contributed by atoms with E-state index in [1.165, 1.54) is 18.2 Å². The van der Waals surface area contributed by atoms with E-state index < -0.39 is 27.3 Å². The molecule has 2 saturated heterocycles. The average molecular weight is 401 g/mol. The van der Waals surface area contributed by atoms with E-state index in [4.69, 9.17) is 16.3 Å². The normalized spacial score (nSPS) is 24.0. The van der Waals surface area contributed by atoms with E-state index in [1.807, 2.05) is 0 Å². The van der Waals surface area contributed by atoms with Crippen LogP contribution in [0.1, 0.15) is 37.0 Å². The molecule has 0 aliphatic carbocycles. The minimum absolute atomic E-state index is 0.0257. The van der Waals surface area contributed by atoms with Crippen molar-refractivity contribution in [2.75, 3.05) is 23.2 Å². The number of anilines is 1. The third-order valence-electron chi connectivity index (χ3n) is 4.53. The van der Waals surface area contributed by atoms with Crippen LogP contribution in [0.5, 0.6) is 0 Å². The molecule has 2 amide bonds. The molecular formula is C17H21ClN2O5S. The molecule has 26 heavy (non-hydrogen) atoms. The summed E-state index contributed by atoms with van der Waals surface area (Å²) in [6.45, 7) is 4.20.